The Labute approximate surface area is 146 Å². The Kier molecular flexibility index (Phi) is 6.49. The fraction of sp³-hybridized carbons (Fsp3) is 0.471. The first-order chi connectivity index (χ1) is 12.0. The first-order valence-electron chi connectivity index (χ1n) is 7.86. The molecule has 1 heterocycles. The number of carbonyl (C=O) groups excluding carboxylic acids is 3. The van der Waals surface area contributed by atoms with Crippen molar-refractivity contribution in [2.75, 3.05) is 38.8 Å². The number of nitrogens with zero attached hydrogens (tertiary/aromatic N) is 1. The molecule has 0 saturated carbocycles. The molecule has 25 heavy (non-hydrogen) atoms. The van der Waals surface area contributed by atoms with Crippen molar-refractivity contribution in [3.05, 3.63) is 23.8 Å². The second-order valence-corrected chi connectivity index (χ2v) is 5.53. The van der Waals surface area contributed by atoms with Crippen LogP contribution in [0.2, 0.25) is 0 Å². The predicted molar refractivity (Wildman–Crippen MR) is 89.7 cm³/mol. The third-order valence-corrected chi connectivity index (χ3v) is 3.86. The summed E-state index contributed by atoms with van der Waals surface area (Å²) in [6.07, 6.45) is -0.414. The largest absolute Gasteiger partial charge is 0.482 e. The van der Waals surface area contributed by atoms with E-state index >= 15 is 0 Å². The van der Waals surface area contributed by atoms with Gasteiger partial charge in [0.2, 0.25) is 5.91 Å². The highest BCUT2D eigenvalue weighted by Crippen LogP contribution is 2.33. The van der Waals surface area contributed by atoms with Gasteiger partial charge in [-0.3, -0.25) is 14.4 Å². The van der Waals surface area contributed by atoms with Crippen molar-refractivity contribution in [3.63, 3.8) is 0 Å². The molecule has 1 aliphatic rings. The lowest BCUT2D eigenvalue weighted by molar-refractivity contribution is -0.127. The van der Waals surface area contributed by atoms with Crippen LogP contribution in [-0.4, -0.2) is 57.8 Å². The number of rotatable bonds is 8. The standard InChI is InChI=1S/C17H22N2O6/c1-11(20)12-4-5-14-13(8-12)19(16(22)10-25-14)7-6-15(21)18-9-17(23-2)24-3/h4-5,8,17H,6-7,9-10H2,1-3H3,(H,18,21). The normalized spacial score (nSPS) is 13.4. The van der Waals surface area contributed by atoms with Crippen molar-refractivity contribution in [1.82, 2.24) is 5.32 Å². The molecule has 0 unspecified atom stereocenters. The fourth-order valence-electron chi connectivity index (χ4n) is 2.43. The van der Waals surface area contributed by atoms with Gasteiger partial charge < -0.3 is 24.4 Å². The van der Waals surface area contributed by atoms with Crippen LogP contribution in [0.3, 0.4) is 0 Å². The summed E-state index contributed by atoms with van der Waals surface area (Å²) >= 11 is 0. The van der Waals surface area contributed by atoms with Gasteiger partial charge in [-0.25, -0.2) is 0 Å². The van der Waals surface area contributed by atoms with E-state index in [1.54, 1.807) is 18.2 Å². The lowest BCUT2D eigenvalue weighted by atomic mass is 10.1. The molecule has 0 saturated heterocycles. The number of amides is 2. The summed E-state index contributed by atoms with van der Waals surface area (Å²) in [5, 5.41) is 2.68. The summed E-state index contributed by atoms with van der Waals surface area (Å²) < 4.78 is 15.4. The maximum Gasteiger partial charge on any atom is 0.265 e. The van der Waals surface area contributed by atoms with Crippen molar-refractivity contribution in [2.24, 2.45) is 0 Å². The zero-order chi connectivity index (χ0) is 18.4. The molecule has 0 aliphatic carbocycles. The number of benzene rings is 1. The molecule has 1 aromatic rings. The minimum absolute atomic E-state index is 0.0938. The predicted octanol–water partition coefficient (Wildman–Crippen LogP) is 0.740. The van der Waals surface area contributed by atoms with Gasteiger partial charge in [0.05, 0.1) is 12.2 Å². The average molecular weight is 350 g/mol. The molecule has 0 radical (unpaired) electrons. The van der Waals surface area contributed by atoms with Crippen LogP contribution < -0.4 is 15.0 Å². The van der Waals surface area contributed by atoms with E-state index < -0.39 is 6.29 Å². The van der Waals surface area contributed by atoms with E-state index in [4.69, 9.17) is 14.2 Å². The lowest BCUT2D eigenvalue weighted by Crippen LogP contribution is -2.42. The number of nitrogens with one attached hydrogen (secondary N) is 1. The minimum Gasteiger partial charge on any atom is -0.482 e. The highest BCUT2D eigenvalue weighted by atomic mass is 16.7. The molecule has 136 valence electrons. The maximum atomic E-state index is 12.2. The van der Waals surface area contributed by atoms with Gasteiger partial charge in [0, 0.05) is 32.7 Å². The average Bonchev–Trinajstić information content (AvgIpc) is 2.61. The van der Waals surface area contributed by atoms with Gasteiger partial charge in [0.1, 0.15) is 5.75 Å². The number of fused-ring (bicyclic) bond motifs is 1. The van der Waals surface area contributed by atoms with E-state index in [0.717, 1.165) is 0 Å². The SMILES string of the molecule is COC(CNC(=O)CCN1C(=O)COc2ccc(C(C)=O)cc21)OC. The number of Topliss-reactive ketones (excluding diaryl/α,β-unsaturated/α-hetero) is 1. The molecule has 2 amide bonds. The zero-order valence-electron chi connectivity index (χ0n) is 14.5. The third kappa shape index (κ3) is 4.77. The van der Waals surface area contributed by atoms with E-state index in [1.165, 1.54) is 26.0 Å². The van der Waals surface area contributed by atoms with Crippen LogP contribution >= 0.6 is 0 Å². The molecule has 8 heteroatoms. The van der Waals surface area contributed by atoms with Gasteiger partial charge in [-0.2, -0.15) is 0 Å². The number of hydrogen-bond acceptors (Lipinski definition) is 6. The van der Waals surface area contributed by atoms with Crippen molar-refractivity contribution < 1.29 is 28.6 Å². The topological polar surface area (TPSA) is 94.2 Å². The number of ketones is 1. The molecule has 0 bridgehead atoms. The van der Waals surface area contributed by atoms with E-state index in [0.29, 0.717) is 17.0 Å². The third-order valence-electron chi connectivity index (χ3n) is 3.86. The summed E-state index contributed by atoms with van der Waals surface area (Å²) in [7, 11) is 2.96. The Morgan fingerprint density at radius 1 is 1.32 bits per heavy atom. The molecule has 2 rings (SSSR count). The van der Waals surface area contributed by atoms with E-state index in [9.17, 15) is 14.4 Å². The van der Waals surface area contributed by atoms with Crippen molar-refractivity contribution in [2.45, 2.75) is 19.6 Å². The van der Waals surface area contributed by atoms with Crippen LogP contribution in [0, 0.1) is 0 Å². The zero-order valence-corrected chi connectivity index (χ0v) is 14.5. The van der Waals surface area contributed by atoms with Crippen molar-refractivity contribution in [3.8, 4) is 5.75 Å². The molecule has 0 spiro atoms. The molecule has 0 aromatic heterocycles. The van der Waals surface area contributed by atoms with Gasteiger partial charge in [-0.1, -0.05) is 0 Å². The Balaban J connectivity index is 2.02. The van der Waals surface area contributed by atoms with Gasteiger partial charge in [-0.05, 0) is 25.1 Å². The van der Waals surface area contributed by atoms with Crippen LogP contribution in [0.5, 0.6) is 5.75 Å². The summed E-state index contributed by atoms with van der Waals surface area (Å²) in [5.41, 5.74) is 0.984. The fourth-order valence-corrected chi connectivity index (χ4v) is 2.43. The Morgan fingerprint density at radius 2 is 2.04 bits per heavy atom. The molecule has 0 fully saturated rings. The Bertz CT molecular complexity index is 657. The highest BCUT2D eigenvalue weighted by Gasteiger charge is 2.26. The van der Waals surface area contributed by atoms with Crippen LogP contribution in [-0.2, 0) is 19.1 Å². The van der Waals surface area contributed by atoms with Crippen LogP contribution in [0.4, 0.5) is 5.69 Å². The number of hydrogen-bond donors (Lipinski definition) is 1. The van der Waals surface area contributed by atoms with E-state index in [-0.39, 0.29) is 43.7 Å². The number of anilines is 1. The van der Waals surface area contributed by atoms with E-state index in [2.05, 4.69) is 5.32 Å². The van der Waals surface area contributed by atoms with Gasteiger partial charge in [-0.15, -0.1) is 0 Å². The van der Waals surface area contributed by atoms with Crippen LogP contribution in [0.25, 0.3) is 0 Å². The Hall–Kier alpha value is -2.45. The molecule has 0 atom stereocenters. The maximum absolute atomic E-state index is 12.2. The number of ether oxygens (including phenoxy) is 3. The van der Waals surface area contributed by atoms with Crippen molar-refractivity contribution in [1.29, 1.82) is 0 Å². The first kappa shape index (κ1) is 18.9. The molecule has 1 aromatic carbocycles. The summed E-state index contributed by atoms with van der Waals surface area (Å²) in [6.45, 7) is 1.76. The quantitative estimate of drug-likeness (QED) is 0.549. The van der Waals surface area contributed by atoms with Crippen LogP contribution in [0.15, 0.2) is 18.2 Å². The van der Waals surface area contributed by atoms with Gasteiger partial charge in [0.15, 0.2) is 18.7 Å². The van der Waals surface area contributed by atoms with Crippen LogP contribution in [0.1, 0.15) is 23.7 Å². The molecule has 8 nitrogen and oxygen atoms in total. The van der Waals surface area contributed by atoms with E-state index in [1.807, 2.05) is 0 Å². The second-order valence-electron chi connectivity index (χ2n) is 5.53. The summed E-state index contributed by atoms with van der Waals surface area (Å²) in [5.74, 6) is -0.0807. The van der Waals surface area contributed by atoms with Gasteiger partial charge >= 0.3 is 0 Å². The number of carbonyl (C=O) groups is 3. The summed E-state index contributed by atoms with van der Waals surface area (Å²) in [6, 6.07) is 4.92. The highest BCUT2D eigenvalue weighted by molar-refractivity contribution is 6.01. The monoisotopic (exact) mass is 350 g/mol. The Morgan fingerprint density at radius 3 is 2.68 bits per heavy atom. The second kappa shape index (κ2) is 8.59. The minimum atomic E-state index is -0.521. The number of methoxy groups -OCH3 is 2. The molecular formula is C17H22N2O6. The van der Waals surface area contributed by atoms with Gasteiger partial charge in [0.25, 0.3) is 5.91 Å². The summed E-state index contributed by atoms with van der Waals surface area (Å²) in [4.78, 5) is 37.2. The molecule has 1 aliphatic heterocycles. The lowest BCUT2D eigenvalue weighted by Gasteiger charge is -2.29. The molecular weight excluding hydrogens is 328 g/mol. The molecule has 1 N–H and O–H groups in total. The smallest absolute Gasteiger partial charge is 0.265 e. The van der Waals surface area contributed by atoms with Crippen molar-refractivity contribution >= 4 is 23.3 Å². The first-order valence-corrected chi connectivity index (χ1v) is 7.86.